The molecule has 2 radical (unpaired) electrons. The van der Waals surface area contributed by atoms with E-state index in [-0.39, 0.29) is 12.1 Å². The monoisotopic (exact) mass is 259 g/mol. The number of aromatic amines is 1. The molecule has 1 aliphatic heterocycles. The van der Waals surface area contributed by atoms with E-state index in [1.54, 1.807) is 4.90 Å². The first-order chi connectivity index (χ1) is 8.78. The third-order valence-electron chi connectivity index (χ3n) is 2.87. The van der Waals surface area contributed by atoms with E-state index >= 15 is 0 Å². The van der Waals surface area contributed by atoms with Crippen molar-refractivity contribution in [1.29, 1.82) is 0 Å². The van der Waals surface area contributed by atoms with E-state index in [0.717, 1.165) is 12.0 Å². The van der Waals surface area contributed by atoms with Crippen molar-refractivity contribution < 1.29 is 9.53 Å². The summed E-state index contributed by atoms with van der Waals surface area (Å²) in [4.78, 5) is 21.0. The van der Waals surface area contributed by atoms with E-state index in [2.05, 4.69) is 16.5 Å². The molecule has 1 saturated heterocycles. The number of carbonyl (C=O) groups excluding carboxylic acids is 1. The van der Waals surface area contributed by atoms with E-state index in [1.165, 1.54) is 6.20 Å². The fraction of sp³-hybridized carbons (Fsp3) is 0.538. The molecule has 1 atom stereocenters. The first-order valence-corrected chi connectivity index (χ1v) is 6.25. The van der Waals surface area contributed by atoms with Crippen molar-refractivity contribution in [2.45, 2.75) is 38.8 Å². The molecule has 0 saturated carbocycles. The van der Waals surface area contributed by atoms with E-state index in [0.29, 0.717) is 18.0 Å². The van der Waals surface area contributed by atoms with Crippen LogP contribution < -0.4 is 5.59 Å². The molecule has 2 rings (SSSR count). The molecule has 0 unspecified atom stereocenters. The Balaban J connectivity index is 2.20. The van der Waals surface area contributed by atoms with Crippen LogP contribution in [-0.4, -0.2) is 41.0 Å². The standard InChI is InChI=1S/C13H18BN3O2/c1-8-5-6-17(12(18)19-13(2,3)4)10(8)11-15-7-9(14)16-11/h7,10H,1,5-6H2,2-4H3,(H,15,16)/t10-/m0/s1. The number of carbonyl (C=O) groups is 1. The van der Waals surface area contributed by atoms with Crippen LogP contribution in [0.3, 0.4) is 0 Å². The Labute approximate surface area is 114 Å². The smallest absolute Gasteiger partial charge is 0.411 e. The zero-order valence-electron chi connectivity index (χ0n) is 11.6. The third-order valence-corrected chi connectivity index (χ3v) is 2.87. The topological polar surface area (TPSA) is 58.2 Å². The van der Waals surface area contributed by atoms with Crippen LogP contribution in [-0.2, 0) is 4.74 Å². The molecule has 1 N–H and O–H groups in total. The Morgan fingerprint density at radius 2 is 2.32 bits per heavy atom. The Bertz CT molecular complexity index is 504. The maximum atomic E-state index is 12.2. The minimum Gasteiger partial charge on any atom is -0.444 e. The minimum absolute atomic E-state index is 0.285. The van der Waals surface area contributed by atoms with Crippen molar-refractivity contribution in [2.75, 3.05) is 6.54 Å². The number of hydrogen-bond donors (Lipinski definition) is 1. The Morgan fingerprint density at radius 3 is 2.84 bits per heavy atom. The predicted octanol–water partition coefficient (Wildman–Crippen LogP) is 1.44. The van der Waals surface area contributed by atoms with Crippen molar-refractivity contribution in [1.82, 2.24) is 14.9 Å². The van der Waals surface area contributed by atoms with Crippen LogP contribution in [0.5, 0.6) is 0 Å². The molecule has 0 aliphatic carbocycles. The van der Waals surface area contributed by atoms with E-state index in [1.807, 2.05) is 20.8 Å². The van der Waals surface area contributed by atoms with E-state index < -0.39 is 5.60 Å². The summed E-state index contributed by atoms with van der Waals surface area (Å²) in [5.74, 6) is 0.630. The summed E-state index contributed by atoms with van der Waals surface area (Å²) >= 11 is 0. The summed E-state index contributed by atoms with van der Waals surface area (Å²) in [6.07, 6.45) is 1.92. The van der Waals surface area contributed by atoms with Gasteiger partial charge in [-0.3, -0.25) is 4.90 Å². The van der Waals surface area contributed by atoms with Gasteiger partial charge in [-0.25, -0.2) is 9.78 Å². The number of nitrogens with one attached hydrogen (secondary N) is 1. The van der Waals surface area contributed by atoms with Crippen LogP contribution in [0.25, 0.3) is 0 Å². The highest BCUT2D eigenvalue weighted by Crippen LogP contribution is 2.34. The average Bonchev–Trinajstić information content (AvgIpc) is 2.81. The van der Waals surface area contributed by atoms with Crippen LogP contribution in [0.15, 0.2) is 18.3 Å². The molecule has 1 amide bonds. The molecule has 5 nitrogen and oxygen atoms in total. The number of imidazole rings is 1. The molecular formula is C13H18BN3O2. The first kappa shape index (κ1) is 13.7. The van der Waals surface area contributed by atoms with Gasteiger partial charge in [-0.1, -0.05) is 6.58 Å². The summed E-state index contributed by atoms with van der Waals surface area (Å²) in [5, 5.41) is 0. The first-order valence-electron chi connectivity index (χ1n) is 6.25. The van der Waals surface area contributed by atoms with Gasteiger partial charge in [-0.2, -0.15) is 0 Å². The SMILES string of the molecule is [B]c1cnc([C@@H]2C(=C)CCN2C(=O)OC(C)(C)C)[nH]1. The van der Waals surface area contributed by atoms with Gasteiger partial charge in [0.1, 0.15) is 25.3 Å². The second-order valence-electron chi connectivity index (χ2n) is 5.71. The largest absolute Gasteiger partial charge is 0.444 e. The molecule has 100 valence electrons. The Kier molecular flexibility index (Phi) is 3.43. The van der Waals surface area contributed by atoms with Gasteiger partial charge in [-0.05, 0) is 38.4 Å². The fourth-order valence-electron chi connectivity index (χ4n) is 2.10. The number of aromatic nitrogens is 2. The molecule has 0 spiro atoms. The maximum absolute atomic E-state index is 12.2. The lowest BCUT2D eigenvalue weighted by Gasteiger charge is -2.27. The number of nitrogens with zero attached hydrogens (tertiary/aromatic N) is 2. The molecule has 0 aromatic carbocycles. The van der Waals surface area contributed by atoms with Gasteiger partial charge in [0.15, 0.2) is 0 Å². The molecule has 19 heavy (non-hydrogen) atoms. The van der Waals surface area contributed by atoms with Crippen molar-refractivity contribution in [3.05, 3.63) is 24.2 Å². The van der Waals surface area contributed by atoms with E-state index in [9.17, 15) is 4.79 Å². The lowest BCUT2D eigenvalue weighted by Crippen LogP contribution is -2.37. The number of amides is 1. The number of likely N-dealkylation sites (tertiary alicyclic amines) is 1. The molecule has 1 aromatic rings. The van der Waals surface area contributed by atoms with Crippen LogP contribution in [0.1, 0.15) is 39.1 Å². The van der Waals surface area contributed by atoms with Crippen molar-refractivity contribution in [2.24, 2.45) is 0 Å². The van der Waals surface area contributed by atoms with E-state index in [4.69, 9.17) is 12.6 Å². The van der Waals surface area contributed by atoms with Crippen molar-refractivity contribution >= 4 is 19.5 Å². The summed E-state index contributed by atoms with van der Waals surface area (Å²) in [7, 11) is 5.63. The van der Waals surface area contributed by atoms with Crippen molar-refractivity contribution in [3.63, 3.8) is 0 Å². The third kappa shape index (κ3) is 3.00. The summed E-state index contributed by atoms with van der Waals surface area (Å²) in [6, 6.07) is -0.285. The second-order valence-corrected chi connectivity index (χ2v) is 5.71. The van der Waals surface area contributed by atoms with Gasteiger partial charge in [0.05, 0.1) is 0 Å². The molecule has 1 aromatic heterocycles. The summed E-state index contributed by atoms with van der Waals surface area (Å²) in [5.41, 5.74) is 0.882. The van der Waals surface area contributed by atoms with Crippen LogP contribution in [0.2, 0.25) is 0 Å². The maximum Gasteiger partial charge on any atom is 0.411 e. The zero-order chi connectivity index (χ0) is 14.2. The summed E-state index contributed by atoms with van der Waals surface area (Å²) in [6.45, 7) is 10.1. The normalized spacial score (nSPS) is 19.8. The second kappa shape index (κ2) is 4.76. The quantitative estimate of drug-likeness (QED) is 0.613. The number of ether oxygens (including phenoxy) is 1. The molecular weight excluding hydrogens is 241 g/mol. The predicted molar refractivity (Wildman–Crippen MR) is 73.4 cm³/mol. The highest BCUT2D eigenvalue weighted by atomic mass is 16.6. The number of hydrogen-bond acceptors (Lipinski definition) is 3. The summed E-state index contributed by atoms with van der Waals surface area (Å²) < 4.78 is 5.40. The van der Waals surface area contributed by atoms with Crippen molar-refractivity contribution in [3.8, 4) is 0 Å². The highest BCUT2D eigenvalue weighted by Gasteiger charge is 2.37. The molecule has 0 bridgehead atoms. The molecule has 2 heterocycles. The molecule has 1 fully saturated rings. The Hall–Kier alpha value is -1.72. The number of rotatable bonds is 1. The van der Waals surface area contributed by atoms with Gasteiger partial charge >= 0.3 is 6.09 Å². The Morgan fingerprint density at radius 1 is 1.63 bits per heavy atom. The average molecular weight is 259 g/mol. The molecule has 1 aliphatic rings. The lowest BCUT2D eigenvalue weighted by molar-refractivity contribution is 0.0232. The highest BCUT2D eigenvalue weighted by molar-refractivity contribution is 6.30. The van der Waals surface area contributed by atoms with Crippen LogP contribution >= 0.6 is 0 Å². The van der Waals surface area contributed by atoms with Gasteiger partial charge < -0.3 is 9.72 Å². The van der Waals surface area contributed by atoms with Crippen LogP contribution in [0, 0.1) is 0 Å². The fourth-order valence-corrected chi connectivity index (χ4v) is 2.10. The minimum atomic E-state index is -0.520. The zero-order valence-corrected chi connectivity index (χ0v) is 11.6. The lowest BCUT2D eigenvalue weighted by atomic mass is 10.1. The van der Waals surface area contributed by atoms with Gasteiger partial charge in [-0.15, -0.1) is 0 Å². The van der Waals surface area contributed by atoms with Crippen LogP contribution in [0.4, 0.5) is 4.79 Å². The number of H-pyrrole nitrogens is 1. The van der Waals surface area contributed by atoms with Gasteiger partial charge in [0.2, 0.25) is 0 Å². The molecule has 6 heteroatoms. The van der Waals surface area contributed by atoms with Gasteiger partial charge in [0.25, 0.3) is 0 Å². The van der Waals surface area contributed by atoms with Gasteiger partial charge in [0, 0.05) is 12.7 Å².